The maximum absolute atomic E-state index is 11.0. The van der Waals surface area contributed by atoms with Gasteiger partial charge in [0, 0.05) is 5.69 Å². The molecule has 0 heterocycles. The quantitative estimate of drug-likeness (QED) is 0.674. The summed E-state index contributed by atoms with van der Waals surface area (Å²) in [5.74, 6) is 0. The lowest BCUT2D eigenvalue weighted by Gasteiger charge is -2.05. The van der Waals surface area contributed by atoms with Crippen molar-refractivity contribution in [2.45, 2.75) is 51.9 Å². The van der Waals surface area contributed by atoms with Gasteiger partial charge >= 0.3 is 6.09 Å². The van der Waals surface area contributed by atoms with Crippen LogP contribution in [0, 0.1) is 7.11 Å². The van der Waals surface area contributed by atoms with E-state index in [4.69, 9.17) is 0 Å². The van der Waals surface area contributed by atoms with E-state index in [2.05, 4.69) is 24.1 Å². The zero-order valence-corrected chi connectivity index (χ0v) is 11.8. The Morgan fingerprint density at radius 1 is 1.11 bits per heavy atom. The van der Waals surface area contributed by atoms with Gasteiger partial charge in [0.1, 0.15) is 7.11 Å². The minimum absolute atomic E-state index is 0.538. The largest absolute Gasteiger partial charge is 0.446 e. The summed E-state index contributed by atoms with van der Waals surface area (Å²) in [5, 5.41) is 2.59. The predicted molar refractivity (Wildman–Crippen MR) is 79.0 cm³/mol. The molecule has 19 heavy (non-hydrogen) atoms. The summed E-state index contributed by atoms with van der Waals surface area (Å²) in [6.45, 7) is 2.24. The van der Waals surface area contributed by atoms with E-state index >= 15 is 0 Å². The van der Waals surface area contributed by atoms with Crippen molar-refractivity contribution in [3.8, 4) is 0 Å². The van der Waals surface area contributed by atoms with Crippen LogP contribution in [0.15, 0.2) is 24.3 Å². The molecule has 0 aromatic heterocycles. The molecular weight excluding hydrogens is 238 g/mol. The van der Waals surface area contributed by atoms with Crippen LogP contribution in [0.5, 0.6) is 0 Å². The van der Waals surface area contributed by atoms with Crippen LogP contribution in [0.1, 0.15) is 51.0 Å². The highest BCUT2D eigenvalue weighted by molar-refractivity contribution is 5.84. The molecule has 0 aliphatic heterocycles. The molecule has 0 fully saturated rings. The van der Waals surface area contributed by atoms with E-state index in [1.54, 1.807) is 0 Å². The fraction of sp³-hybridized carbons (Fsp3) is 0.500. The number of carbonyl (C=O) groups excluding carboxylic acids is 1. The minimum Gasteiger partial charge on any atom is -0.446 e. The first-order chi connectivity index (χ1) is 9.26. The second-order valence-corrected chi connectivity index (χ2v) is 4.77. The maximum atomic E-state index is 11.0. The average molecular weight is 262 g/mol. The van der Waals surface area contributed by atoms with Crippen molar-refractivity contribution in [2.75, 3.05) is 5.32 Å². The SMILES string of the molecule is [CH2]OC(=O)Nc1ccc(CCCCCCCC)cc1. The number of carbonyl (C=O) groups is 1. The Kier molecular flexibility index (Phi) is 7.71. The maximum Gasteiger partial charge on any atom is 0.411 e. The van der Waals surface area contributed by atoms with Crippen molar-refractivity contribution < 1.29 is 9.53 Å². The highest BCUT2D eigenvalue weighted by atomic mass is 16.5. The second-order valence-electron chi connectivity index (χ2n) is 4.77. The van der Waals surface area contributed by atoms with Gasteiger partial charge < -0.3 is 4.74 Å². The van der Waals surface area contributed by atoms with Gasteiger partial charge in [-0.1, -0.05) is 51.2 Å². The number of hydrogen-bond donors (Lipinski definition) is 1. The molecule has 3 nitrogen and oxygen atoms in total. The van der Waals surface area contributed by atoms with Crippen LogP contribution in [-0.2, 0) is 11.2 Å². The first-order valence-corrected chi connectivity index (χ1v) is 7.08. The highest BCUT2D eigenvalue weighted by Crippen LogP contribution is 2.13. The van der Waals surface area contributed by atoms with E-state index < -0.39 is 6.09 Å². The van der Waals surface area contributed by atoms with Gasteiger partial charge in [0.15, 0.2) is 0 Å². The summed E-state index contributed by atoms with van der Waals surface area (Å²) in [7, 11) is 3.06. The number of rotatable bonds is 8. The number of anilines is 1. The standard InChI is InChI=1S/C16H24NO2/c1-3-4-5-6-7-8-9-14-10-12-15(13-11-14)17-16(18)19-2/h10-13H,2-9H2,1H3,(H,17,18). The van der Waals surface area contributed by atoms with Gasteiger partial charge in [-0.2, -0.15) is 0 Å². The van der Waals surface area contributed by atoms with Crippen molar-refractivity contribution in [1.82, 2.24) is 0 Å². The van der Waals surface area contributed by atoms with Gasteiger partial charge in [-0.25, -0.2) is 4.79 Å². The van der Waals surface area contributed by atoms with Crippen LogP contribution in [-0.4, -0.2) is 6.09 Å². The topological polar surface area (TPSA) is 38.3 Å². The second kappa shape index (κ2) is 9.42. The van der Waals surface area contributed by atoms with E-state index in [1.165, 1.54) is 44.1 Å². The number of nitrogens with one attached hydrogen (secondary N) is 1. The molecule has 0 spiro atoms. The van der Waals surface area contributed by atoms with Gasteiger partial charge in [-0.05, 0) is 30.5 Å². The molecule has 3 heteroatoms. The normalized spacial score (nSPS) is 10.2. The molecule has 0 saturated carbocycles. The summed E-state index contributed by atoms with van der Waals surface area (Å²) in [6, 6.07) is 7.88. The van der Waals surface area contributed by atoms with Gasteiger partial charge in [0.05, 0.1) is 0 Å². The molecule has 1 radical (unpaired) electrons. The third-order valence-corrected chi connectivity index (χ3v) is 3.15. The van der Waals surface area contributed by atoms with E-state index in [9.17, 15) is 4.79 Å². The summed E-state index contributed by atoms with van der Waals surface area (Å²) in [5.41, 5.74) is 2.05. The average Bonchev–Trinajstić information content (AvgIpc) is 2.44. The van der Waals surface area contributed by atoms with E-state index in [-0.39, 0.29) is 0 Å². The van der Waals surface area contributed by atoms with Crippen molar-refractivity contribution >= 4 is 11.8 Å². The fourth-order valence-electron chi connectivity index (χ4n) is 2.02. The lowest BCUT2D eigenvalue weighted by Crippen LogP contribution is -2.09. The van der Waals surface area contributed by atoms with Gasteiger partial charge in [0.2, 0.25) is 0 Å². The van der Waals surface area contributed by atoms with Crippen molar-refractivity contribution in [2.24, 2.45) is 0 Å². The molecule has 1 N–H and O–H groups in total. The van der Waals surface area contributed by atoms with Crippen molar-refractivity contribution in [3.63, 3.8) is 0 Å². The molecule has 1 amide bonds. The lowest BCUT2D eigenvalue weighted by molar-refractivity contribution is 0.199. The van der Waals surface area contributed by atoms with Gasteiger partial charge in [-0.15, -0.1) is 0 Å². The van der Waals surface area contributed by atoms with Gasteiger partial charge in [0.25, 0.3) is 0 Å². The molecule has 1 aromatic carbocycles. The van der Waals surface area contributed by atoms with Crippen LogP contribution < -0.4 is 5.32 Å². The smallest absolute Gasteiger partial charge is 0.411 e. The summed E-state index contributed by atoms with van der Waals surface area (Å²) in [4.78, 5) is 11.0. The summed E-state index contributed by atoms with van der Waals surface area (Å²) >= 11 is 0. The number of aryl methyl sites for hydroxylation is 1. The van der Waals surface area contributed by atoms with Crippen molar-refractivity contribution in [1.29, 1.82) is 0 Å². The molecule has 0 aliphatic carbocycles. The van der Waals surface area contributed by atoms with Crippen molar-refractivity contribution in [3.05, 3.63) is 36.9 Å². The molecule has 1 rings (SSSR count). The highest BCUT2D eigenvalue weighted by Gasteiger charge is 2.00. The Morgan fingerprint density at radius 2 is 1.74 bits per heavy atom. The lowest BCUT2D eigenvalue weighted by atomic mass is 10.0. The predicted octanol–water partition coefficient (Wildman–Crippen LogP) is 4.93. The summed E-state index contributed by atoms with van der Waals surface area (Å²) < 4.78 is 4.30. The Bertz CT molecular complexity index is 360. The molecule has 0 unspecified atom stereocenters. The van der Waals surface area contributed by atoms with E-state index in [0.29, 0.717) is 0 Å². The zero-order valence-electron chi connectivity index (χ0n) is 11.8. The summed E-state index contributed by atoms with van der Waals surface area (Å²) in [6.07, 6.45) is 8.43. The van der Waals surface area contributed by atoms with Crippen LogP contribution in [0.2, 0.25) is 0 Å². The molecule has 0 aliphatic rings. The Hall–Kier alpha value is -1.51. The van der Waals surface area contributed by atoms with Crippen LogP contribution in [0.25, 0.3) is 0 Å². The van der Waals surface area contributed by atoms with Crippen LogP contribution in [0.4, 0.5) is 10.5 Å². The number of hydrogen-bond acceptors (Lipinski definition) is 2. The van der Waals surface area contributed by atoms with Gasteiger partial charge in [-0.3, -0.25) is 5.32 Å². The zero-order chi connectivity index (χ0) is 13.9. The monoisotopic (exact) mass is 262 g/mol. The Balaban J connectivity index is 2.22. The first-order valence-electron chi connectivity index (χ1n) is 7.08. The Labute approximate surface area is 116 Å². The minimum atomic E-state index is -0.538. The number of benzene rings is 1. The molecular formula is C16H24NO2. The third-order valence-electron chi connectivity index (χ3n) is 3.15. The number of ether oxygens (including phenoxy) is 1. The van der Waals surface area contributed by atoms with Crippen LogP contribution in [0.3, 0.4) is 0 Å². The molecule has 0 atom stereocenters. The molecule has 1 aromatic rings. The van der Waals surface area contributed by atoms with E-state index in [1.807, 2.05) is 24.3 Å². The van der Waals surface area contributed by atoms with E-state index in [0.717, 1.165) is 12.1 Å². The molecule has 0 saturated heterocycles. The van der Waals surface area contributed by atoms with Crippen LogP contribution >= 0.6 is 0 Å². The molecule has 105 valence electrons. The first kappa shape index (κ1) is 15.5. The molecule has 0 bridgehead atoms. The third kappa shape index (κ3) is 6.85. The fourth-order valence-corrected chi connectivity index (χ4v) is 2.02. The number of unbranched alkanes of at least 4 members (excludes halogenated alkanes) is 5. The number of amides is 1. The Morgan fingerprint density at radius 3 is 2.37 bits per heavy atom.